The number of anilines is 1. The van der Waals surface area contributed by atoms with E-state index in [0.29, 0.717) is 12.3 Å². The van der Waals surface area contributed by atoms with Crippen molar-refractivity contribution >= 4 is 5.69 Å². The number of β-amino-alcohol motifs (C(OH)–C–C–N with tert-alkyl or cyclic N) is 1. The minimum absolute atomic E-state index is 0.138. The lowest BCUT2D eigenvalue weighted by molar-refractivity contribution is 0.173. The lowest BCUT2D eigenvalue weighted by Gasteiger charge is -2.15. The summed E-state index contributed by atoms with van der Waals surface area (Å²) in [4.78, 5) is 2.27. The molecule has 4 nitrogen and oxygen atoms in total. The Balaban J connectivity index is 1.65. The fourth-order valence-corrected chi connectivity index (χ4v) is 2.10. The molecular weight excluding hydrogens is 216 g/mol. The molecule has 94 valence electrons. The van der Waals surface area contributed by atoms with Gasteiger partial charge in [0.2, 0.25) is 0 Å². The van der Waals surface area contributed by atoms with E-state index in [9.17, 15) is 5.11 Å². The van der Waals surface area contributed by atoms with Gasteiger partial charge in [0.1, 0.15) is 5.75 Å². The fraction of sp³-hybridized carbons (Fsp3) is 0.538. The summed E-state index contributed by atoms with van der Waals surface area (Å²) in [7, 11) is 0. The lowest BCUT2D eigenvalue weighted by Crippen LogP contribution is -2.24. The number of nitrogens with two attached hydrogens (primary N) is 1. The number of aliphatic hydroxyl groups excluding tert-OH is 1. The standard InChI is InChI=1S/C13H20N2O2/c14-12-4-1-2-5-13(12)17-9-3-7-15-8-6-11(16)10-15/h1-2,4-5,11,16H,3,6-10,14H2. The van der Waals surface area contributed by atoms with Crippen LogP contribution in [0.15, 0.2) is 24.3 Å². The Morgan fingerprint density at radius 1 is 1.41 bits per heavy atom. The van der Waals surface area contributed by atoms with E-state index < -0.39 is 0 Å². The Labute approximate surface area is 102 Å². The SMILES string of the molecule is Nc1ccccc1OCCCN1CCC(O)C1. The van der Waals surface area contributed by atoms with Crippen molar-refractivity contribution in [2.24, 2.45) is 0 Å². The number of hydrogen-bond acceptors (Lipinski definition) is 4. The number of aliphatic hydroxyl groups is 1. The van der Waals surface area contributed by atoms with Crippen LogP contribution in [-0.2, 0) is 0 Å². The first-order valence-corrected chi connectivity index (χ1v) is 6.13. The van der Waals surface area contributed by atoms with Gasteiger partial charge < -0.3 is 20.5 Å². The summed E-state index contributed by atoms with van der Waals surface area (Å²) in [6, 6.07) is 7.54. The van der Waals surface area contributed by atoms with Crippen LogP contribution in [-0.4, -0.2) is 42.4 Å². The van der Waals surface area contributed by atoms with E-state index in [4.69, 9.17) is 10.5 Å². The van der Waals surface area contributed by atoms with Gasteiger partial charge in [-0.15, -0.1) is 0 Å². The third-order valence-electron chi connectivity index (χ3n) is 3.04. The first-order valence-electron chi connectivity index (χ1n) is 6.13. The van der Waals surface area contributed by atoms with E-state index in [1.165, 1.54) is 0 Å². The maximum absolute atomic E-state index is 9.38. The molecule has 0 aliphatic carbocycles. The molecule has 1 saturated heterocycles. The summed E-state index contributed by atoms with van der Waals surface area (Å²) in [6.07, 6.45) is 1.72. The molecule has 3 N–H and O–H groups in total. The van der Waals surface area contributed by atoms with E-state index in [2.05, 4.69) is 4.90 Å². The molecule has 0 amide bonds. The van der Waals surface area contributed by atoms with Crippen LogP contribution in [0.5, 0.6) is 5.75 Å². The number of ether oxygens (including phenoxy) is 1. The monoisotopic (exact) mass is 236 g/mol. The normalized spacial score (nSPS) is 20.6. The van der Waals surface area contributed by atoms with Crippen molar-refractivity contribution in [2.75, 3.05) is 32.0 Å². The number of hydrogen-bond donors (Lipinski definition) is 2. The van der Waals surface area contributed by atoms with Gasteiger partial charge in [0.15, 0.2) is 0 Å². The summed E-state index contributed by atoms with van der Waals surface area (Å²) in [5, 5.41) is 9.38. The van der Waals surface area contributed by atoms with Gasteiger partial charge in [0.05, 0.1) is 18.4 Å². The highest BCUT2D eigenvalue weighted by atomic mass is 16.5. The maximum atomic E-state index is 9.38. The summed E-state index contributed by atoms with van der Waals surface area (Å²) in [5.41, 5.74) is 6.46. The van der Waals surface area contributed by atoms with Crippen molar-refractivity contribution in [1.29, 1.82) is 0 Å². The molecule has 1 aromatic rings. The average Bonchev–Trinajstić information content (AvgIpc) is 2.73. The van der Waals surface area contributed by atoms with Crippen molar-refractivity contribution in [3.05, 3.63) is 24.3 Å². The molecule has 1 atom stereocenters. The van der Waals surface area contributed by atoms with Crippen molar-refractivity contribution in [1.82, 2.24) is 4.90 Å². The lowest BCUT2D eigenvalue weighted by atomic mass is 10.3. The van der Waals surface area contributed by atoms with Gasteiger partial charge in [0, 0.05) is 19.6 Å². The van der Waals surface area contributed by atoms with Gasteiger partial charge in [-0.1, -0.05) is 12.1 Å². The Hall–Kier alpha value is -1.26. The molecule has 4 heteroatoms. The number of para-hydroxylation sites is 2. The molecule has 2 rings (SSSR count). The third kappa shape index (κ3) is 3.61. The van der Waals surface area contributed by atoms with Crippen LogP contribution in [0.25, 0.3) is 0 Å². The fourth-order valence-electron chi connectivity index (χ4n) is 2.10. The van der Waals surface area contributed by atoms with Gasteiger partial charge in [0.25, 0.3) is 0 Å². The zero-order valence-corrected chi connectivity index (χ0v) is 10.0. The number of nitrogens with zero attached hydrogens (tertiary/aromatic N) is 1. The topological polar surface area (TPSA) is 58.7 Å². The van der Waals surface area contributed by atoms with Gasteiger partial charge in [-0.25, -0.2) is 0 Å². The molecular formula is C13H20N2O2. The van der Waals surface area contributed by atoms with Crippen LogP contribution >= 0.6 is 0 Å². The number of benzene rings is 1. The zero-order chi connectivity index (χ0) is 12.1. The Morgan fingerprint density at radius 3 is 2.94 bits per heavy atom. The van der Waals surface area contributed by atoms with E-state index in [1.807, 2.05) is 24.3 Å². The highest BCUT2D eigenvalue weighted by Gasteiger charge is 2.19. The molecule has 1 fully saturated rings. The van der Waals surface area contributed by atoms with Gasteiger partial charge in [-0.2, -0.15) is 0 Å². The predicted molar refractivity (Wildman–Crippen MR) is 68.0 cm³/mol. The van der Waals surface area contributed by atoms with Crippen molar-refractivity contribution in [3.63, 3.8) is 0 Å². The molecule has 0 spiro atoms. The zero-order valence-electron chi connectivity index (χ0n) is 10.0. The summed E-state index contributed by atoms with van der Waals surface area (Å²) in [5.74, 6) is 0.758. The van der Waals surface area contributed by atoms with Gasteiger partial charge >= 0.3 is 0 Å². The highest BCUT2D eigenvalue weighted by molar-refractivity contribution is 5.51. The van der Waals surface area contributed by atoms with E-state index in [-0.39, 0.29) is 6.10 Å². The number of nitrogen functional groups attached to an aromatic ring is 1. The largest absolute Gasteiger partial charge is 0.491 e. The molecule has 1 heterocycles. The molecule has 1 unspecified atom stereocenters. The Kier molecular flexibility index (Phi) is 4.23. The maximum Gasteiger partial charge on any atom is 0.142 e. The van der Waals surface area contributed by atoms with Gasteiger partial charge in [-0.3, -0.25) is 0 Å². The average molecular weight is 236 g/mol. The number of rotatable bonds is 5. The minimum Gasteiger partial charge on any atom is -0.491 e. The molecule has 1 aromatic carbocycles. The Bertz CT molecular complexity index is 357. The first-order chi connectivity index (χ1) is 8.25. The van der Waals surface area contributed by atoms with Crippen molar-refractivity contribution < 1.29 is 9.84 Å². The van der Waals surface area contributed by atoms with Crippen LogP contribution in [0.4, 0.5) is 5.69 Å². The minimum atomic E-state index is -0.138. The summed E-state index contributed by atoms with van der Waals surface area (Å²) < 4.78 is 5.61. The summed E-state index contributed by atoms with van der Waals surface area (Å²) >= 11 is 0. The van der Waals surface area contributed by atoms with Crippen LogP contribution in [0.2, 0.25) is 0 Å². The van der Waals surface area contributed by atoms with Crippen LogP contribution in [0.1, 0.15) is 12.8 Å². The Morgan fingerprint density at radius 2 is 2.24 bits per heavy atom. The second-order valence-electron chi connectivity index (χ2n) is 4.48. The van der Waals surface area contributed by atoms with Crippen LogP contribution in [0.3, 0.4) is 0 Å². The smallest absolute Gasteiger partial charge is 0.142 e. The van der Waals surface area contributed by atoms with Crippen LogP contribution < -0.4 is 10.5 Å². The third-order valence-corrected chi connectivity index (χ3v) is 3.04. The molecule has 0 aromatic heterocycles. The first kappa shape index (κ1) is 12.2. The molecule has 0 saturated carbocycles. The van der Waals surface area contributed by atoms with Crippen LogP contribution in [0, 0.1) is 0 Å². The number of likely N-dealkylation sites (tertiary alicyclic amines) is 1. The summed E-state index contributed by atoms with van der Waals surface area (Å²) in [6.45, 7) is 3.44. The molecule has 1 aliphatic heterocycles. The highest BCUT2D eigenvalue weighted by Crippen LogP contribution is 2.19. The molecule has 17 heavy (non-hydrogen) atoms. The molecule has 1 aliphatic rings. The second-order valence-corrected chi connectivity index (χ2v) is 4.48. The molecule has 0 radical (unpaired) electrons. The predicted octanol–water partition coefficient (Wildman–Crippen LogP) is 1.10. The van der Waals surface area contributed by atoms with E-state index in [1.54, 1.807) is 0 Å². The van der Waals surface area contributed by atoms with Crippen molar-refractivity contribution in [3.8, 4) is 5.75 Å². The second kappa shape index (κ2) is 5.89. The van der Waals surface area contributed by atoms with E-state index in [0.717, 1.165) is 38.2 Å². The molecule has 0 bridgehead atoms. The van der Waals surface area contributed by atoms with Crippen molar-refractivity contribution in [2.45, 2.75) is 18.9 Å². The van der Waals surface area contributed by atoms with Gasteiger partial charge in [-0.05, 0) is 25.0 Å². The van der Waals surface area contributed by atoms with E-state index >= 15 is 0 Å². The quantitative estimate of drug-likeness (QED) is 0.594.